The maximum absolute atomic E-state index is 12.0. The molecule has 0 aliphatic carbocycles. The molecule has 2 atom stereocenters. The number of carbonyl (C=O) groups excluding carboxylic acids is 2. The first kappa shape index (κ1) is 23.5. The zero-order chi connectivity index (χ0) is 22.6. The smallest absolute Gasteiger partial charge is 0.330 e. The summed E-state index contributed by atoms with van der Waals surface area (Å²) in [5.74, 6) is -0.608. The molecule has 2 rings (SSSR count). The number of aromatic hydroxyl groups is 2. The largest absolute Gasteiger partial charge is 0.508 e. The molecule has 0 unspecified atom stereocenters. The number of carbonyl (C=O) groups is 2. The highest BCUT2D eigenvalue weighted by Crippen LogP contribution is 2.11. The normalized spacial score (nSPS) is 13.1. The molecule has 31 heavy (non-hydrogen) atoms. The molecule has 0 aliphatic heterocycles. The number of allylic oxidation sites excluding steroid dienone is 1. The van der Waals surface area contributed by atoms with Gasteiger partial charge in [0.05, 0.1) is 0 Å². The van der Waals surface area contributed by atoms with Crippen molar-refractivity contribution in [3.8, 4) is 11.5 Å². The van der Waals surface area contributed by atoms with E-state index in [4.69, 9.17) is 9.47 Å². The van der Waals surface area contributed by atoms with Crippen LogP contribution in [0.4, 0.5) is 0 Å². The fraction of sp³-hybridized carbons (Fsp3) is 0.261. The molecule has 0 amide bonds. The number of phenols is 2. The molecule has 0 spiro atoms. The maximum Gasteiger partial charge on any atom is 0.330 e. The second-order valence-electron chi connectivity index (χ2n) is 6.77. The van der Waals surface area contributed by atoms with E-state index in [2.05, 4.69) is 10.3 Å². The molecule has 8 nitrogen and oxygen atoms in total. The lowest BCUT2D eigenvalue weighted by molar-refractivity contribution is -0.147. The van der Waals surface area contributed by atoms with Crippen molar-refractivity contribution in [3.63, 3.8) is 0 Å². The third-order valence-corrected chi connectivity index (χ3v) is 4.17. The summed E-state index contributed by atoms with van der Waals surface area (Å²) in [5, 5.41) is 21.3. The van der Waals surface area contributed by atoms with Crippen LogP contribution in [0.2, 0.25) is 0 Å². The van der Waals surface area contributed by atoms with E-state index >= 15 is 0 Å². The van der Waals surface area contributed by atoms with Gasteiger partial charge in [0.25, 0.3) is 0 Å². The summed E-state index contributed by atoms with van der Waals surface area (Å²) >= 11 is 0. The lowest BCUT2D eigenvalue weighted by Crippen LogP contribution is -2.31. The quantitative estimate of drug-likeness (QED) is 0.395. The number of aliphatic imine (C=N–C) groups is 1. The van der Waals surface area contributed by atoms with E-state index in [9.17, 15) is 19.8 Å². The van der Waals surface area contributed by atoms with Gasteiger partial charge < -0.3 is 25.0 Å². The highest BCUT2D eigenvalue weighted by molar-refractivity contribution is 5.80. The number of nitrogens with one attached hydrogen (secondary N) is 1. The first-order valence-corrected chi connectivity index (χ1v) is 9.68. The van der Waals surface area contributed by atoms with E-state index < -0.39 is 24.0 Å². The Kier molecular flexibility index (Phi) is 9.10. The number of hydrogen-bond acceptors (Lipinski definition) is 8. The van der Waals surface area contributed by atoms with Gasteiger partial charge in [0.15, 0.2) is 0 Å². The number of esters is 2. The van der Waals surface area contributed by atoms with Crippen molar-refractivity contribution in [1.82, 2.24) is 5.32 Å². The van der Waals surface area contributed by atoms with Crippen molar-refractivity contribution in [3.05, 3.63) is 71.9 Å². The molecule has 3 N–H and O–H groups in total. The topological polar surface area (TPSA) is 117 Å². The minimum absolute atomic E-state index is 0.0974. The van der Waals surface area contributed by atoms with Gasteiger partial charge in [-0.25, -0.2) is 9.59 Å². The molecule has 0 saturated carbocycles. The van der Waals surface area contributed by atoms with Gasteiger partial charge >= 0.3 is 11.9 Å². The molecule has 0 aromatic heterocycles. The Hall–Kier alpha value is -3.81. The number of rotatable bonds is 10. The van der Waals surface area contributed by atoms with Gasteiger partial charge in [-0.1, -0.05) is 24.3 Å². The number of ether oxygens (including phenoxy) is 2. The molecule has 164 valence electrons. The molecule has 0 radical (unpaired) electrons. The summed E-state index contributed by atoms with van der Waals surface area (Å²) in [7, 11) is 0. The predicted octanol–water partition coefficient (Wildman–Crippen LogP) is 2.84. The van der Waals surface area contributed by atoms with Gasteiger partial charge in [0.1, 0.15) is 36.8 Å². The Morgan fingerprint density at radius 2 is 1.39 bits per heavy atom. The second-order valence-corrected chi connectivity index (χ2v) is 6.77. The maximum atomic E-state index is 12.0. The molecule has 0 heterocycles. The third kappa shape index (κ3) is 8.61. The molecule has 0 fully saturated rings. The summed E-state index contributed by atoms with van der Waals surface area (Å²) in [5.41, 5.74) is 1.53. The van der Waals surface area contributed by atoms with Gasteiger partial charge in [-0.15, -0.1) is 0 Å². The summed E-state index contributed by atoms with van der Waals surface area (Å²) in [6, 6.07) is 11.5. The lowest BCUT2D eigenvalue weighted by Gasteiger charge is -2.11. The van der Waals surface area contributed by atoms with E-state index in [1.165, 1.54) is 36.7 Å². The second kappa shape index (κ2) is 12.0. The molecule has 0 aliphatic rings. The zero-order valence-corrected chi connectivity index (χ0v) is 17.4. The van der Waals surface area contributed by atoms with E-state index in [1.54, 1.807) is 44.2 Å². The predicted molar refractivity (Wildman–Crippen MR) is 115 cm³/mol. The molecular weight excluding hydrogens is 400 g/mol. The Bertz CT molecular complexity index is 907. The van der Waals surface area contributed by atoms with Gasteiger partial charge in [-0.3, -0.25) is 4.99 Å². The van der Waals surface area contributed by atoms with Gasteiger partial charge in [-0.05, 0) is 61.5 Å². The molecule has 0 bridgehead atoms. The van der Waals surface area contributed by atoms with Crippen molar-refractivity contribution < 1.29 is 29.3 Å². The van der Waals surface area contributed by atoms with Crippen molar-refractivity contribution in [2.75, 3.05) is 0 Å². The Labute approximate surface area is 180 Å². The van der Waals surface area contributed by atoms with Crippen molar-refractivity contribution >= 4 is 18.2 Å². The van der Waals surface area contributed by atoms with E-state index in [0.717, 1.165) is 11.1 Å². The Morgan fingerprint density at radius 1 is 0.903 bits per heavy atom. The van der Waals surface area contributed by atoms with Gasteiger partial charge in [-0.2, -0.15) is 0 Å². The number of phenolic OH excluding ortho intramolecular Hbond substituents is 2. The van der Waals surface area contributed by atoms with Crippen LogP contribution < -0.4 is 5.32 Å². The first-order chi connectivity index (χ1) is 14.8. The van der Waals surface area contributed by atoms with Crippen LogP contribution in [0, 0.1) is 0 Å². The molecule has 8 heteroatoms. The molecule has 2 aromatic carbocycles. The van der Waals surface area contributed by atoms with Crippen molar-refractivity contribution in [2.45, 2.75) is 39.1 Å². The van der Waals surface area contributed by atoms with Crippen molar-refractivity contribution in [1.29, 1.82) is 0 Å². The third-order valence-electron chi connectivity index (χ3n) is 4.17. The van der Waals surface area contributed by atoms with Crippen LogP contribution in [0.1, 0.15) is 25.0 Å². The van der Waals surface area contributed by atoms with Crippen LogP contribution in [0.5, 0.6) is 11.5 Å². The standard InChI is InChI=1S/C23H26N2O6/c1-16(22(28)30-14-18-4-8-20(26)9-5-18)24-12-3-13-25-17(2)23(29)31-15-19-6-10-21(27)11-7-19/h3-13,16-17,24,26-27H,14-15H2,1-2H3/b12-3+,25-13?/t16-,17-/m0/s1. The average Bonchev–Trinajstić information content (AvgIpc) is 2.77. The summed E-state index contributed by atoms with van der Waals surface area (Å²) in [4.78, 5) is 28.0. The highest BCUT2D eigenvalue weighted by Gasteiger charge is 2.13. The van der Waals surface area contributed by atoms with E-state index in [-0.39, 0.29) is 24.7 Å². The Balaban J connectivity index is 1.67. The summed E-state index contributed by atoms with van der Waals surface area (Å²) in [6.45, 7) is 3.48. The molecular formula is C23H26N2O6. The monoisotopic (exact) mass is 426 g/mol. The molecule has 0 saturated heterocycles. The number of nitrogens with zero attached hydrogens (tertiary/aromatic N) is 1. The molecule has 2 aromatic rings. The van der Waals surface area contributed by atoms with E-state index in [1.807, 2.05) is 0 Å². The van der Waals surface area contributed by atoms with Crippen LogP contribution in [-0.4, -0.2) is 40.4 Å². The van der Waals surface area contributed by atoms with Crippen LogP contribution >= 0.6 is 0 Å². The van der Waals surface area contributed by atoms with Crippen LogP contribution in [0.15, 0.2) is 65.8 Å². The van der Waals surface area contributed by atoms with Gasteiger partial charge in [0.2, 0.25) is 0 Å². The fourth-order valence-corrected chi connectivity index (χ4v) is 2.29. The van der Waals surface area contributed by atoms with Crippen LogP contribution in [-0.2, 0) is 32.3 Å². The first-order valence-electron chi connectivity index (χ1n) is 9.68. The summed E-state index contributed by atoms with van der Waals surface area (Å²) in [6.07, 6.45) is 4.53. The Morgan fingerprint density at radius 3 is 1.90 bits per heavy atom. The van der Waals surface area contributed by atoms with Crippen LogP contribution in [0.25, 0.3) is 0 Å². The van der Waals surface area contributed by atoms with E-state index in [0.29, 0.717) is 0 Å². The van der Waals surface area contributed by atoms with Crippen LogP contribution in [0.3, 0.4) is 0 Å². The minimum Gasteiger partial charge on any atom is -0.508 e. The summed E-state index contributed by atoms with van der Waals surface area (Å²) < 4.78 is 10.4. The number of benzene rings is 2. The highest BCUT2D eigenvalue weighted by atomic mass is 16.5. The number of hydrogen-bond donors (Lipinski definition) is 3. The van der Waals surface area contributed by atoms with Gasteiger partial charge in [0, 0.05) is 6.21 Å². The minimum atomic E-state index is -0.686. The average molecular weight is 426 g/mol. The lowest BCUT2D eigenvalue weighted by atomic mass is 10.2. The fourth-order valence-electron chi connectivity index (χ4n) is 2.29. The SMILES string of the molecule is C[C@H](N=C/C=C/N[C@@H](C)C(=O)OCc1ccc(O)cc1)C(=O)OCc1ccc(O)cc1. The zero-order valence-electron chi connectivity index (χ0n) is 17.4. The van der Waals surface area contributed by atoms with Crippen molar-refractivity contribution in [2.24, 2.45) is 4.99 Å².